The van der Waals surface area contributed by atoms with Gasteiger partial charge in [0.25, 0.3) is 0 Å². The minimum Gasteiger partial charge on any atom is -0.385 e. The molecule has 1 fully saturated rings. The topological polar surface area (TPSA) is 55.6 Å². The molecule has 94 valence electrons. The van der Waals surface area contributed by atoms with Gasteiger partial charge in [-0.15, -0.1) is 0 Å². The third kappa shape index (κ3) is 4.10. The number of ether oxygens (including phenoxy) is 1. The molecule has 0 saturated carbocycles. The zero-order chi connectivity index (χ0) is 11.8. The van der Waals surface area contributed by atoms with Crippen LogP contribution in [0.1, 0.15) is 38.5 Å². The van der Waals surface area contributed by atoms with E-state index in [1.165, 1.54) is 6.42 Å². The van der Waals surface area contributed by atoms with Crippen LogP contribution in [0.15, 0.2) is 0 Å². The highest BCUT2D eigenvalue weighted by Crippen LogP contribution is 2.20. The molecule has 1 heterocycles. The standard InChI is InChI=1S/C12H24N2O2/c1-16-10-4-6-12(15)14-9-3-2-5-11(14)7-8-13/h11H,2-10,13H2,1H3. The Morgan fingerprint density at radius 1 is 1.50 bits per heavy atom. The predicted octanol–water partition coefficient (Wildman–Crippen LogP) is 1.14. The summed E-state index contributed by atoms with van der Waals surface area (Å²) in [5.74, 6) is 0.273. The fourth-order valence-corrected chi connectivity index (χ4v) is 2.33. The Labute approximate surface area is 98.1 Å². The second-order valence-electron chi connectivity index (χ2n) is 4.41. The first-order chi connectivity index (χ1) is 7.79. The number of hydrogen-bond donors (Lipinski definition) is 1. The maximum absolute atomic E-state index is 12.0. The summed E-state index contributed by atoms with van der Waals surface area (Å²) in [6.45, 7) is 2.25. The predicted molar refractivity (Wildman–Crippen MR) is 64.1 cm³/mol. The highest BCUT2D eigenvalue weighted by molar-refractivity contribution is 5.76. The van der Waals surface area contributed by atoms with Gasteiger partial charge in [0.15, 0.2) is 0 Å². The third-order valence-corrected chi connectivity index (χ3v) is 3.19. The van der Waals surface area contributed by atoms with Crippen LogP contribution in [-0.4, -0.2) is 43.7 Å². The van der Waals surface area contributed by atoms with Crippen molar-refractivity contribution < 1.29 is 9.53 Å². The van der Waals surface area contributed by atoms with Gasteiger partial charge in [-0.3, -0.25) is 4.79 Å². The van der Waals surface area contributed by atoms with Crippen LogP contribution in [0.5, 0.6) is 0 Å². The van der Waals surface area contributed by atoms with Crippen molar-refractivity contribution in [3.8, 4) is 0 Å². The summed E-state index contributed by atoms with van der Waals surface area (Å²) >= 11 is 0. The number of nitrogens with two attached hydrogens (primary N) is 1. The SMILES string of the molecule is COCCCC(=O)N1CCCCC1CCN. The Morgan fingerprint density at radius 3 is 3.00 bits per heavy atom. The molecule has 1 aliphatic heterocycles. The number of likely N-dealkylation sites (tertiary alicyclic amines) is 1. The van der Waals surface area contributed by atoms with Gasteiger partial charge in [-0.1, -0.05) is 0 Å². The average Bonchev–Trinajstić information content (AvgIpc) is 2.30. The molecule has 0 aromatic rings. The molecule has 4 nitrogen and oxygen atoms in total. The molecule has 1 amide bonds. The molecule has 0 radical (unpaired) electrons. The van der Waals surface area contributed by atoms with E-state index in [4.69, 9.17) is 10.5 Å². The summed E-state index contributed by atoms with van der Waals surface area (Å²) in [6, 6.07) is 0.383. The summed E-state index contributed by atoms with van der Waals surface area (Å²) in [5, 5.41) is 0. The van der Waals surface area contributed by atoms with Crippen molar-refractivity contribution in [2.45, 2.75) is 44.6 Å². The van der Waals surface area contributed by atoms with Crippen molar-refractivity contribution in [3.63, 3.8) is 0 Å². The summed E-state index contributed by atoms with van der Waals surface area (Å²) in [6.07, 6.45) is 5.85. The number of carbonyl (C=O) groups excluding carboxylic acids is 1. The molecule has 1 aliphatic rings. The fraction of sp³-hybridized carbons (Fsp3) is 0.917. The van der Waals surface area contributed by atoms with Gasteiger partial charge >= 0.3 is 0 Å². The van der Waals surface area contributed by atoms with Gasteiger partial charge in [-0.2, -0.15) is 0 Å². The van der Waals surface area contributed by atoms with Crippen LogP contribution >= 0.6 is 0 Å². The molecule has 0 spiro atoms. The first-order valence-electron chi connectivity index (χ1n) is 6.28. The quantitative estimate of drug-likeness (QED) is 0.694. The molecule has 0 aliphatic carbocycles. The number of rotatable bonds is 6. The molecular formula is C12H24N2O2. The Hall–Kier alpha value is -0.610. The fourth-order valence-electron chi connectivity index (χ4n) is 2.33. The molecule has 1 rings (SSSR count). The summed E-state index contributed by atoms with van der Waals surface area (Å²) in [7, 11) is 1.67. The molecule has 0 bridgehead atoms. The van der Waals surface area contributed by atoms with E-state index in [1.54, 1.807) is 7.11 Å². The normalized spacial score (nSPS) is 21.1. The number of piperidine rings is 1. The largest absolute Gasteiger partial charge is 0.385 e. The van der Waals surface area contributed by atoms with E-state index in [0.29, 0.717) is 25.6 Å². The van der Waals surface area contributed by atoms with Crippen LogP contribution < -0.4 is 5.73 Å². The van der Waals surface area contributed by atoms with E-state index >= 15 is 0 Å². The van der Waals surface area contributed by atoms with Crippen molar-refractivity contribution >= 4 is 5.91 Å². The Bertz CT molecular complexity index is 207. The van der Waals surface area contributed by atoms with Gasteiger partial charge in [0.2, 0.25) is 5.91 Å². The number of carbonyl (C=O) groups is 1. The van der Waals surface area contributed by atoms with Crippen LogP contribution in [0.2, 0.25) is 0 Å². The van der Waals surface area contributed by atoms with Crippen molar-refractivity contribution in [1.29, 1.82) is 0 Å². The molecule has 4 heteroatoms. The highest BCUT2D eigenvalue weighted by Gasteiger charge is 2.25. The minimum atomic E-state index is 0.273. The van der Waals surface area contributed by atoms with Crippen LogP contribution in [0, 0.1) is 0 Å². The molecule has 0 aromatic carbocycles. The van der Waals surface area contributed by atoms with E-state index in [0.717, 1.165) is 32.2 Å². The minimum absolute atomic E-state index is 0.273. The van der Waals surface area contributed by atoms with Crippen molar-refractivity contribution in [1.82, 2.24) is 4.90 Å². The first-order valence-corrected chi connectivity index (χ1v) is 6.28. The smallest absolute Gasteiger partial charge is 0.222 e. The first kappa shape index (κ1) is 13.5. The van der Waals surface area contributed by atoms with E-state index in [-0.39, 0.29) is 5.91 Å². The lowest BCUT2D eigenvalue weighted by Crippen LogP contribution is -2.44. The molecule has 16 heavy (non-hydrogen) atoms. The Kier molecular flexibility index (Phi) is 6.42. The molecule has 2 N–H and O–H groups in total. The summed E-state index contributed by atoms with van der Waals surface area (Å²) in [5.41, 5.74) is 5.59. The van der Waals surface area contributed by atoms with E-state index < -0.39 is 0 Å². The average molecular weight is 228 g/mol. The van der Waals surface area contributed by atoms with Gasteiger partial charge in [-0.25, -0.2) is 0 Å². The lowest BCUT2D eigenvalue weighted by Gasteiger charge is -2.35. The highest BCUT2D eigenvalue weighted by atomic mass is 16.5. The van der Waals surface area contributed by atoms with Gasteiger partial charge in [0.05, 0.1) is 0 Å². The lowest BCUT2D eigenvalue weighted by atomic mass is 9.99. The molecule has 1 unspecified atom stereocenters. The molecular weight excluding hydrogens is 204 g/mol. The van der Waals surface area contributed by atoms with Crippen LogP contribution in [0.25, 0.3) is 0 Å². The number of hydrogen-bond acceptors (Lipinski definition) is 3. The third-order valence-electron chi connectivity index (χ3n) is 3.19. The van der Waals surface area contributed by atoms with Gasteiger partial charge in [0.1, 0.15) is 0 Å². The number of nitrogens with zero attached hydrogens (tertiary/aromatic N) is 1. The van der Waals surface area contributed by atoms with Crippen LogP contribution in [0.4, 0.5) is 0 Å². The number of amides is 1. The number of methoxy groups -OCH3 is 1. The Balaban J connectivity index is 2.37. The molecule has 0 aromatic heterocycles. The summed E-state index contributed by atoms with van der Waals surface area (Å²) < 4.78 is 4.96. The van der Waals surface area contributed by atoms with Crippen LogP contribution in [-0.2, 0) is 9.53 Å². The summed E-state index contributed by atoms with van der Waals surface area (Å²) in [4.78, 5) is 14.0. The van der Waals surface area contributed by atoms with Crippen molar-refractivity contribution in [2.75, 3.05) is 26.8 Å². The van der Waals surface area contributed by atoms with E-state index in [1.807, 2.05) is 4.90 Å². The molecule has 1 saturated heterocycles. The van der Waals surface area contributed by atoms with E-state index in [9.17, 15) is 4.79 Å². The van der Waals surface area contributed by atoms with Gasteiger partial charge < -0.3 is 15.4 Å². The van der Waals surface area contributed by atoms with Crippen LogP contribution in [0.3, 0.4) is 0 Å². The van der Waals surface area contributed by atoms with E-state index in [2.05, 4.69) is 0 Å². The Morgan fingerprint density at radius 2 is 2.31 bits per heavy atom. The maximum atomic E-state index is 12.0. The molecule has 1 atom stereocenters. The van der Waals surface area contributed by atoms with Gasteiger partial charge in [-0.05, 0) is 38.6 Å². The second kappa shape index (κ2) is 7.63. The zero-order valence-electron chi connectivity index (χ0n) is 10.3. The van der Waals surface area contributed by atoms with Gasteiger partial charge in [0, 0.05) is 32.7 Å². The van der Waals surface area contributed by atoms with Crippen molar-refractivity contribution in [2.24, 2.45) is 5.73 Å². The monoisotopic (exact) mass is 228 g/mol. The van der Waals surface area contributed by atoms with Crippen molar-refractivity contribution in [3.05, 3.63) is 0 Å². The maximum Gasteiger partial charge on any atom is 0.222 e. The lowest BCUT2D eigenvalue weighted by molar-refractivity contribution is -0.135. The second-order valence-corrected chi connectivity index (χ2v) is 4.41. The zero-order valence-corrected chi connectivity index (χ0v) is 10.3.